The van der Waals surface area contributed by atoms with E-state index in [4.69, 9.17) is 11.6 Å². The zero-order valence-electron chi connectivity index (χ0n) is 12.6. The third-order valence-corrected chi connectivity index (χ3v) is 7.92. The van der Waals surface area contributed by atoms with Gasteiger partial charge in [0.1, 0.15) is 4.21 Å². The monoisotopic (exact) mass is 430 g/mol. The Balaban J connectivity index is 1.99. The highest BCUT2D eigenvalue weighted by molar-refractivity contribution is 8.19. The molecule has 0 saturated carbocycles. The summed E-state index contributed by atoms with van der Waals surface area (Å²) in [7, 11) is -3.93. The molecule has 3 heterocycles. The second-order valence-corrected chi connectivity index (χ2v) is 10.3. The Hall–Kier alpha value is -1.39. The van der Waals surface area contributed by atoms with E-state index in [1.54, 1.807) is 6.08 Å². The maximum absolute atomic E-state index is 12.6. The van der Waals surface area contributed by atoms with Crippen molar-refractivity contribution in [1.29, 1.82) is 0 Å². The summed E-state index contributed by atoms with van der Waals surface area (Å²) < 4.78 is 29.1. The summed E-state index contributed by atoms with van der Waals surface area (Å²) in [5.41, 5.74) is 0. The van der Waals surface area contributed by atoms with E-state index >= 15 is 0 Å². The van der Waals surface area contributed by atoms with Crippen LogP contribution in [0.3, 0.4) is 0 Å². The SMILES string of the molecule is C=CCN1C(=O)/C(=C/c2cccs2)S/C1=N\S(=O)(=O)c1ccc(Cl)s1. The van der Waals surface area contributed by atoms with Crippen LogP contribution in [0.2, 0.25) is 4.34 Å². The maximum Gasteiger partial charge on any atom is 0.294 e. The highest BCUT2D eigenvalue weighted by atomic mass is 35.5. The minimum Gasteiger partial charge on any atom is -0.282 e. The maximum atomic E-state index is 12.6. The van der Waals surface area contributed by atoms with E-state index in [1.807, 2.05) is 17.5 Å². The van der Waals surface area contributed by atoms with Gasteiger partial charge in [0.2, 0.25) is 0 Å². The first kappa shape index (κ1) is 18.4. The molecule has 0 unspecified atom stereocenters. The van der Waals surface area contributed by atoms with Crippen LogP contribution in [0.4, 0.5) is 0 Å². The van der Waals surface area contributed by atoms with Crippen molar-refractivity contribution < 1.29 is 13.2 Å². The molecular formula is C15H11ClN2O3S4. The first-order valence-electron chi connectivity index (χ1n) is 6.87. The fourth-order valence-corrected chi connectivity index (χ4v) is 6.33. The predicted octanol–water partition coefficient (Wildman–Crippen LogP) is 4.31. The van der Waals surface area contributed by atoms with Crippen LogP contribution in [0.5, 0.6) is 0 Å². The lowest BCUT2D eigenvalue weighted by atomic mass is 10.3. The minimum atomic E-state index is -3.93. The summed E-state index contributed by atoms with van der Waals surface area (Å²) in [4.78, 5) is 15.2. The fraction of sp³-hybridized carbons (Fsp3) is 0.0667. The van der Waals surface area contributed by atoms with Crippen molar-refractivity contribution in [2.75, 3.05) is 6.54 Å². The second kappa shape index (κ2) is 7.46. The van der Waals surface area contributed by atoms with Gasteiger partial charge in [-0.3, -0.25) is 9.69 Å². The lowest BCUT2D eigenvalue weighted by molar-refractivity contribution is -0.121. The molecule has 0 aliphatic carbocycles. The van der Waals surface area contributed by atoms with E-state index in [2.05, 4.69) is 11.0 Å². The van der Waals surface area contributed by atoms with Gasteiger partial charge in [-0.05, 0) is 41.4 Å². The molecular weight excluding hydrogens is 420 g/mol. The van der Waals surface area contributed by atoms with E-state index < -0.39 is 10.0 Å². The molecule has 1 aliphatic heterocycles. The Morgan fingerprint density at radius 1 is 1.32 bits per heavy atom. The highest BCUT2D eigenvalue weighted by Crippen LogP contribution is 2.35. The average Bonchev–Trinajstić information content (AvgIpc) is 3.26. The molecule has 1 aliphatic rings. The van der Waals surface area contributed by atoms with E-state index in [0.29, 0.717) is 9.24 Å². The van der Waals surface area contributed by atoms with Crippen molar-refractivity contribution >= 4 is 73.2 Å². The van der Waals surface area contributed by atoms with Gasteiger partial charge in [-0.2, -0.15) is 8.42 Å². The largest absolute Gasteiger partial charge is 0.294 e. The van der Waals surface area contributed by atoms with E-state index in [1.165, 1.54) is 34.4 Å². The number of hydrogen-bond acceptors (Lipinski definition) is 6. The normalized spacial score (nSPS) is 18.4. The molecule has 0 N–H and O–H groups in total. The lowest BCUT2D eigenvalue weighted by Gasteiger charge is -2.12. The van der Waals surface area contributed by atoms with Gasteiger partial charge < -0.3 is 0 Å². The lowest BCUT2D eigenvalue weighted by Crippen LogP contribution is -2.29. The van der Waals surface area contributed by atoms with Crippen molar-refractivity contribution in [2.45, 2.75) is 4.21 Å². The van der Waals surface area contributed by atoms with Crippen LogP contribution in [0.25, 0.3) is 6.08 Å². The molecule has 2 aromatic rings. The molecule has 0 atom stereocenters. The summed E-state index contributed by atoms with van der Waals surface area (Å²) in [5.74, 6) is -0.295. The summed E-state index contributed by atoms with van der Waals surface area (Å²) >= 11 is 9.25. The standard InChI is InChI=1S/C15H11ClN2O3S4/c1-2-7-18-14(19)11(9-10-4-3-8-22-10)23-15(18)17-25(20,21)13-6-5-12(16)24-13/h2-6,8-9H,1,7H2/b11-9-,17-15-. The van der Waals surface area contributed by atoms with E-state index in [9.17, 15) is 13.2 Å². The Kier molecular flexibility index (Phi) is 5.49. The Morgan fingerprint density at radius 3 is 2.72 bits per heavy atom. The Labute approximate surface area is 162 Å². The van der Waals surface area contributed by atoms with Crippen LogP contribution in [-0.4, -0.2) is 30.9 Å². The first-order valence-corrected chi connectivity index (χ1v) is 11.2. The van der Waals surface area contributed by atoms with E-state index in [0.717, 1.165) is 28.0 Å². The van der Waals surface area contributed by atoms with Gasteiger partial charge in [-0.25, -0.2) is 0 Å². The van der Waals surface area contributed by atoms with Crippen LogP contribution in [0.1, 0.15) is 4.88 Å². The molecule has 0 radical (unpaired) electrons. The number of thiophene rings is 2. The molecule has 1 saturated heterocycles. The number of amidine groups is 1. The van der Waals surface area contributed by atoms with Crippen LogP contribution < -0.4 is 0 Å². The number of carbonyl (C=O) groups is 1. The number of sulfonamides is 1. The number of amides is 1. The summed E-state index contributed by atoms with van der Waals surface area (Å²) in [6.07, 6.45) is 3.25. The van der Waals surface area contributed by atoms with Crippen molar-refractivity contribution in [2.24, 2.45) is 4.40 Å². The minimum absolute atomic E-state index is 0.0345. The average molecular weight is 431 g/mol. The van der Waals surface area contributed by atoms with Crippen LogP contribution in [-0.2, 0) is 14.8 Å². The number of thioether (sulfide) groups is 1. The van der Waals surface area contributed by atoms with Gasteiger partial charge in [-0.1, -0.05) is 23.7 Å². The quantitative estimate of drug-likeness (QED) is 0.523. The fourth-order valence-electron chi connectivity index (χ4n) is 1.95. The molecule has 1 amide bonds. The molecule has 0 bridgehead atoms. The van der Waals surface area contributed by atoms with Gasteiger partial charge in [0, 0.05) is 11.4 Å². The van der Waals surface area contributed by atoms with Crippen molar-refractivity contribution in [3.63, 3.8) is 0 Å². The molecule has 0 spiro atoms. The highest BCUT2D eigenvalue weighted by Gasteiger charge is 2.34. The smallest absolute Gasteiger partial charge is 0.282 e. The number of rotatable bonds is 5. The molecule has 1 fully saturated rings. The number of carbonyl (C=O) groups excluding carboxylic acids is 1. The second-order valence-electron chi connectivity index (χ2n) is 4.74. The third kappa shape index (κ3) is 4.06. The third-order valence-electron chi connectivity index (χ3n) is 3.02. The van der Waals surface area contributed by atoms with Gasteiger partial charge in [0.15, 0.2) is 5.17 Å². The number of halogens is 1. The van der Waals surface area contributed by atoms with Crippen LogP contribution in [0.15, 0.2) is 55.8 Å². The molecule has 5 nitrogen and oxygen atoms in total. The molecule has 25 heavy (non-hydrogen) atoms. The Bertz CT molecular complexity index is 974. The zero-order chi connectivity index (χ0) is 18.0. The van der Waals surface area contributed by atoms with Gasteiger partial charge in [0.05, 0.1) is 9.24 Å². The molecule has 130 valence electrons. The molecule has 3 rings (SSSR count). The summed E-state index contributed by atoms with van der Waals surface area (Å²) in [6, 6.07) is 6.65. The predicted molar refractivity (Wildman–Crippen MR) is 106 cm³/mol. The van der Waals surface area contributed by atoms with Crippen molar-refractivity contribution in [3.05, 3.63) is 56.4 Å². The summed E-state index contributed by atoms with van der Waals surface area (Å²) in [5, 5.41) is 2.01. The van der Waals surface area contributed by atoms with Crippen molar-refractivity contribution in [3.8, 4) is 0 Å². The first-order chi connectivity index (χ1) is 11.9. The molecule has 0 aromatic carbocycles. The van der Waals surface area contributed by atoms with Crippen LogP contribution >= 0.6 is 46.0 Å². The number of hydrogen-bond donors (Lipinski definition) is 0. The van der Waals surface area contributed by atoms with Gasteiger partial charge in [0.25, 0.3) is 15.9 Å². The van der Waals surface area contributed by atoms with Crippen LogP contribution in [0, 0.1) is 0 Å². The topological polar surface area (TPSA) is 66.8 Å². The van der Waals surface area contributed by atoms with Crippen molar-refractivity contribution in [1.82, 2.24) is 4.90 Å². The van der Waals surface area contributed by atoms with Gasteiger partial charge in [-0.15, -0.1) is 33.7 Å². The zero-order valence-corrected chi connectivity index (χ0v) is 16.6. The van der Waals surface area contributed by atoms with Gasteiger partial charge >= 0.3 is 0 Å². The Morgan fingerprint density at radius 2 is 2.12 bits per heavy atom. The summed E-state index contributed by atoms with van der Waals surface area (Å²) in [6.45, 7) is 3.79. The number of nitrogens with zero attached hydrogens (tertiary/aromatic N) is 2. The molecule has 10 heteroatoms. The molecule has 2 aromatic heterocycles. The van der Waals surface area contributed by atoms with E-state index in [-0.39, 0.29) is 21.8 Å².